The van der Waals surface area contributed by atoms with Crippen LogP contribution < -0.4 is 5.56 Å². The maximum Gasteiger partial charge on any atom is 0.258 e. The number of hydrogen-bond acceptors (Lipinski definition) is 2. The molecule has 0 aliphatic heterocycles. The molecule has 0 radical (unpaired) electrons. The molecule has 0 saturated heterocycles. The minimum atomic E-state index is -0.134. The van der Waals surface area contributed by atoms with Crippen LogP contribution in [0.5, 0.6) is 0 Å². The standard InChI is InChI=1S/C11H9ClN2O.2C2H6/c1-7-10(11(15)14-6-13-7)8-2-4-9(12)5-3-8;2*1-2/h2-6H,1H3,(H,13,14,15);2*1-2H3. The Hall–Kier alpha value is -1.61. The van der Waals surface area contributed by atoms with E-state index < -0.39 is 0 Å². The van der Waals surface area contributed by atoms with Crippen LogP contribution in [0.25, 0.3) is 11.1 Å². The number of aromatic nitrogens is 2. The van der Waals surface area contributed by atoms with E-state index in [-0.39, 0.29) is 5.56 Å². The van der Waals surface area contributed by atoms with Gasteiger partial charge in [-0.25, -0.2) is 4.98 Å². The van der Waals surface area contributed by atoms with Gasteiger partial charge in [0, 0.05) is 5.02 Å². The van der Waals surface area contributed by atoms with Gasteiger partial charge in [0.1, 0.15) is 0 Å². The largest absolute Gasteiger partial charge is 0.313 e. The molecule has 19 heavy (non-hydrogen) atoms. The summed E-state index contributed by atoms with van der Waals surface area (Å²) in [6, 6.07) is 7.12. The Morgan fingerprint density at radius 2 is 1.58 bits per heavy atom. The van der Waals surface area contributed by atoms with Crippen LogP contribution >= 0.6 is 11.6 Å². The Kier molecular flexibility index (Phi) is 8.55. The normalized spacial score (nSPS) is 8.74. The zero-order valence-corrected chi connectivity index (χ0v) is 12.9. The Bertz CT molecular complexity index is 533. The van der Waals surface area contributed by atoms with E-state index in [9.17, 15) is 4.79 Å². The number of halogens is 1. The van der Waals surface area contributed by atoms with Crippen molar-refractivity contribution in [3.63, 3.8) is 0 Å². The van der Waals surface area contributed by atoms with Crippen LogP contribution in [0.2, 0.25) is 5.02 Å². The lowest BCUT2D eigenvalue weighted by molar-refractivity contribution is 1.07. The molecule has 0 atom stereocenters. The topological polar surface area (TPSA) is 45.8 Å². The van der Waals surface area contributed by atoms with E-state index in [1.54, 1.807) is 19.1 Å². The van der Waals surface area contributed by atoms with E-state index in [0.29, 0.717) is 16.3 Å². The molecule has 1 aromatic heterocycles. The summed E-state index contributed by atoms with van der Waals surface area (Å²) in [4.78, 5) is 18.2. The average molecular weight is 281 g/mol. The van der Waals surface area contributed by atoms with Crippen LogP contribution in [-0.2, 0) is 0 Å². The molecule has 104 valence electrons. The summed E-state index contributed by atoms with van der Waals surface area (Å²) in [5.74, 6) is 0. The van der Waals surface area contributed by atoms with Crippen LogP contribution in [0.3, 0.4) is 0 Å². The van der Waals surface area contributed by atoms with Crippen molar-refractivity contribution in [2.24, 2.45) is 0 Å². The molecule has 1 heterocycles. The first-order valence-electron chi connectivity index (χ1n) is 6.48. The van der Waals surface area contributed by atoms with E-state index in [2.05, 4.69) is 9.97 Å². The quantitative estimate of drug-likeness (QED) is 0.839. The molecule has 1 N–H and O–H groups in total. The minimum absolute atomic E-state index is 0.134. The SMILES string of the molecule is CC.CC.Cc1nc[nH]c(=O)c1-c1ccc(Cl)cc1. The third-order valence-electron chi connectivity index (χ3n) is 2.18. The highest BCUT2D eigenvalue weighted by atomic mass is 35.5. The fourth-order valence-corrected chi connectivity index (χ4v) is 1.57. The average Bonchev–Trinajstić information content (AvgIpc) is 2.45. The lowest BCUT2D eigenvalue weighted by Crippen LogP contribution is -2.11. The Morgan fingerprint density at radius 1 is 1.05 bits per heavy atom. The summed E-state index contributed by atoms with van der Waals surface area (Å²) in [5.41, 5.74) is 1.99. The van der Waals surface area contributed by atoms with Gasteiger partial charge >= 0.3 is 0 Å². The molecule has 0 spiro atoms. The second kappa shape index (κ2) is 9.34. The van der Waals surface area contributed by atoms with Gasteiger partial charge in [-0.15, -0.1) is 0 Å². The number of hydrogen-bond donors (Lipinski definition) is 1. The number of rotatable bonds is 1. The first-order chi connectivity index (χ1) is 9.18. The maximum absolute atomic E-state index is 11.6. The number of nitrogens with one attached hydrogen (secondary N) is 1. The van der Waals surface area contributed by atoms with Crippen molar-refractivity contribution in [1.82, 2.24) is 9.97 Å². The molecule has 0 amide bonds. The summed E-state index contributed by atoms with van der Waals surface area (Å²) in [5, 5.41) is 0.650. The van der Waals surface area contributed by atoms with Crippen LogP contribution in [0.1, 0.15) is 33.4 Å². The van der Waals surface area contributed by atoms with Crippen LogP contribution in [0.15, 0.2) is 35.4 Å². The molecule has 0 aliphatic rings. The summed E-state index contributed by atoms with van der Waals surface area (Å²) in [6.45, 7) is 9.80. The van der Waals surface area contributed by atoms with Crippen LogP contribution in [0, 0.1) is 6.92 Å². The van der Waals surface area contributed by atoms with Crippen LogP contribution in [-0.4, -0.2) is 9.97 Å². The van der Waals surface area contributed by atoms with E-state index in [1.807, 2.05) is 39.8 Å². The number of nitrogens with zero attached hydrogens (tertiary/aromatic N) is 1. The highest BCUT2D eigenvalue weighted by Gasteiger charge is 2.06. The Labute approximate surface area is 119 Å². The van der Waals surface area contributed by atoms with Gasteiger partial charge in [0.15, 0.2) is 0 Å². The number of aromatic amines is 1. The van der Waals surface area contributed by atoms with E-state index in [4.69, 9.17) is 11.6 Å². The molecule has 2 rings (SSSR count). The van der Waals surface area contributed by atoms with E-state index in [1.165, 1.54) is 6.33 Å². The summed E-state index contributed by atoms with van der Waals surface area (Å²) < 4.78 is 0. The van der Waals surface area contributed by atoms with E-state index >= 15 is 0 Å². The molecular formula is C15H21ClN2O. The molecule has 0 bridgehead atoms. The van der Waals surface area contributed by atoms with Crippen molar-refractivity contribution in [2.45, 2.75) is 34.6 Å². The summed E-state index contributed by atoms with van der Waals surface area (Å²) in [7, 11) is 0. The highest BCUT2D eigenvalue weighted by molar-refractivity contribution is 6.30. The van der Waals surface area contributed by atoms with Gasteiger partial charge in [0.05, 0.1) is 17.6 Å². The monoisotopic (exact) mass is 280 g/mol. The van der Waals surface area contributed by atoms with Gasteiger partial charge in [-0.1, -0.05) is 51.4 Å². The predicted molar refractivity (Wildman–Crippen MR) is 82.7 cm³/mol. The smallest absolute Gasteiger partial charge is 0.258 e. The second-order valence-electron chi connectivity index (χ2n) is 3.20. The van der Waals surface area contributed by atoms with Crippen molar-refractivity contribution >= 4 is 11.6 Å². The molecule has 0 unspecified atom stereocenters. The molecule has 4 heteroatoms. The lowest BCUT2D eigenvalue weighted by atomic mass is 10.1. The first kappa shape index (κ1) is 17.4. The number of H-pyrrole nitrogens is 1. The first-order valence-corrected chi connectivity index (χ1v) is 6.86. The van der Waals surface area contributed by atoms with Gasteiger partial charge in [-0.05, 0) is 24.6 Å². The van der Waals surface area contributed by atoms with Crippen molar-refractivity contribution in [3.05, 3.63) is 51.7 Å². The van der Waals surface area contributed by atoms with Gasteiger partial charge in [0.25, 0.3) is 5.56 Å². The van der Waals surface area contributed by atoms with Crippen LogP contribution in [0.4, 0.5) is 0 Å². The fraction of sp³-hybridized carbons (Fsp3) is 0.333. The van der Waals surface area contributed by atoms with Crippen molar-refractivity contribution in [3.8, 4) is 11.1 Å². The van der Waals surface area contributed by atoms with Gasteiger partial charge < -0.3 is 4.98 Å². The molecule has 1 aromatic carbocycles. The van der Waals surface area contributed by atoms with Crippen molar-refractivity contribution in [2.75, 3.05) is 0 Å². The number of aryl methyl sites for hydroxylation is 1. The zero-order valence-electron chi connectivity index (χ0n) is 12.1. The fourth-order valence-electron chi connectivity index (χ4n) is 1.45. The zero-order chi connectivity index (χ0) is 14.8. The number of benzene rings is 1. The summed E-state index contributed by atoms with van der Waals surface area (Å²) >= 11 is 5.78. The second-order valence-corrected chi connectivity index (χ2v) is 3.64. The molecule has 0 saturated carbocycles. The molecule has 0 aliphatic carbocycles. The lowest BCUT2D eigenvalue weighted by Gasteiger charge is -2.03. The molecule has 0 fully saturated rings. The van der Waals surface area contributed by atoms with Crippen molar-refractivity contribution in [1.29, 1.82) is 0 Å². The van der Waals surface area contributed by atoms with Gasteiger partial charge in [-0.2, -0.15) is 0 Å². The Morgan fingerprint density at radius 3 is 2.05 bits per heavy atom. The Balaban J connectivity index is 0.000000741. The maximum atomic E-state index is 11.6. The highest BCUT2D eigenvalue weighted by Crippen LogP contribution is 2.19. The minimum Gasteiger partial charge on any atom is -0.313 e. The third kappa shape index (κ3) is 4.87. The van der Waals surface area contributed by atoms with Crippen molar-refractivity contribution < 1.29 is 0 Å². The summed E-state index contributed by atoms with van der Waals surface area (Å²) in [6.07, 6.45) is 1.40. The third-order valence-corrected chi connectivity index (χ3v) is 2.43. The predicted octanol–water partition coefficient (Wildman–Crippen LogP) is 4.45. The molecular weight excluding hydrogens is 260 g/mol. The van der Waals surface area contributed by atoms with E-state index in [0.717, 1.165) is 5.56 Å². The van der Waals surface area contributed by atoms with Gasteiger partial charge in [0.2, 0.25) is 0 Å². The molecule has 2 aromatic rings. The van der Waals surface area contributed by atoms with Gasteiger partial charge in [-0.3, -0.25) is 4.79 Å². The molecule has 3 nitrogen and oxygen atoms in total.